The average molecular weight is 215 g/mol. The Labute approximate surface area is 94.1 Å². The third-order valence-corrected chi connectivity index (χ3v) is 2.59. The molecule has 1 aromatic heterocycles. The summed E-state index contributed by atoms with van der Waals surface area (Å²) in [6.07, 6.45) is 0. The van der Waals surface area contributed by atoms with Gasteiger partial charge in [0.2, 0.25) is 5.76 Å². The van der Waals surface area contributed by atoms with E-state index in [0.717, 1.165) is 22.4 Å². The van der Waals surface area contributed by atoms with Crippen molar-refractivity contribution in [2.45, 2.75) is 20.8 Å². The Bertz CT molecular complexity index is 520. The molecule has 2 aromatic rings. The quantitative estimate of drug-likeness (QED) is 0.723. The predicted molar refractivity (Wildman–Crippen MR) is 61.4 cm³/mol. The molecule has 0 fully saturated rings. The van der Waals surface area contributed by atoms with Crippen molar-refractivity contribution in [3.8, 4) is 11.3 Å². The maximum Gasteiger partial charge on any atom is 0.202 e. The summed E-state index contributed by atoms with van der Waals surface area (Å²) in [6, 6.07) is 7.73. The monoisotopic (exact) mass is 215 g/mol. The fourth-order valence-corrected chi connectivity index (χ4v) is 1.78. The lowest BCUT2D eigenvalue weighted by Crippen LogP contribution is -1.88. The molecule has 3 heteroatoms. The zero-order valence-corrected chi connectivity index (χ0v) is 9.57. The number of benzene rings is 1. The Kier molecular flexibility index (Phi) is 2.60. The lowest BCUT2D eigenvalue weighted by molar-refractivity contribution is 0.0978. The molecule has 82 valence electrons. The summed E-state index contributed by atoms with van der Waals surface area (Å²) >= 11 is 0. The Hall–Kier alpha value is -1.90. The molecule has 1 heterocycles. The van der Waals surface area contributed by atoms with E-state index in [-0.39, 0.29) is 5.78 Å². The van der Waals surface area contributed by atoms with Crippen LogP contribution in [-0.2, 0) is 0 Å². The molecule has 3 nitrogen and oxygen atoms in total. The van der Waals surface area contributed by atoms with Gasteiger partial charge in [0.25, 0.3) is 0 Å². The van der Waals surface area contributed by atoms with Crippen LogP contribution >= 0.6 is 0 Å². The van der Waals surface area contributed by atoms with Crippen molar-refractivity contribution in [2.75, 3.05) is 0 Å². The van der Waals surface area contributed by atoms with E-state index in [0.29, 0.717) is 5.76 Å². The molecular formula is C13H13NO2. The van der Waals surface area contributed by atoms with Crippen LogP contribution in [0.1, 0.15) is 28.6 Å². The van der Waals surface area contributed by atoms with Gasteiger partial charge in [-0.25, -0.2) is 0 Å². The Morgan fingerprint density at radius 1 is 1.25 bits per heavy atom. The third-order valence-electron chi connectivity index (χ3n) is 2.59. The third kappa shape index (κ3) is 1.76. The summed E-state index contributed by atoms with van der Waals surface area (Å²) in [5.74, 6) is 0.197. The largest absolute Gasteiger partial charge is 0.353 e. The smallest absolute Gasteiger partial charge is 0.202 e. The van der Waals surface area contributed by atoms with Gasteiger partial charge in [-0.3, -0.25) is 4.79 Å². The molecule has 0 unspecified atom stereocenters. The van der Waals surface area contributed by atoms with Gasteiger partial charge in [-0.15, -0.1) is 0 Å². The first kappa shape index (κ1) is 10.6. The van der Waals surface area contributed by atoms with Crippen molar-refractivity contribution in [3.63, 3.8) is 0 Å². The van der Waals surface area contributed by atoms with Crippen molar-refractivity contribution in [1.29, 1.82) is 0 Å². The summed E-state index contributed by atoms with van der Waals surface area (Å²) in [6.45, 7) is 5.50. The number of ketones is 1. The average Bonchev–Trinajstić information content (AvgIpc) is 2.66. The fourth-order valence-electron chi connectivity index (χ4n) is 1.78. The molecule has 0 radical (unpaired) electrons. The van der Waals surface area contributed by atoms with E-state index in [4.69, 9.17) is 4.52 Å². The number of aromatic nitrogens is 1. The van der Waals surface area contributed by atoms with E-state index in [1.165, 1.54) is 6.92 Å². The summed E-state index contributed by atoms with van der Waals surface area (Å²) in [5.41, 5.74) is 4.02. The van der Waals surface area contributed by atoms with Crippen LogP contribution in [0.5, 0.6) is 0 Å². The Morgan fingerprint density at radius 3 is 2.38 bits per heavy atom. The molecule has 0 bridgehead atoms. The van der Waals surface area contributed by atoms with Crippen LogP contribution in [0.3, 0.4) is 0 Å². The first-order chi connectivity index (χ1) is 7.59. The zero-order chi connectivity index (χ0) is 11.7. The van der Waals surface area contributed by atoms with E-state index in [1.54, 1.807) is 6.07 Å². The minimum Gasteiger partial charge on any atom is -0.353 e. The summed E-state index contributed by atoms with van der Waals surface area (Å²) in [4.78, 5) is 11.1. The number of aryl methyl sites for hydroxylation is 2. The van der Waals surface area contributed by atoms with Crippen LogP contribution < -0.4 is 0 Å². The van der Waals surface area contributed by atoms with Gasteiger partial charge >= 0.3 is 0 Å². The van der Waals surface area contributed by atoms with Crippen molar-refractivity contribution >= 4 is 5.78 Å². The van der Waals surface area contributed by atoms with Crippen LogP contribution in [0.15, 0.2) is 28.8 Å². The lowest BCUT2D eigenvalue weighted by Gasteiger charge is -2.04. The van der Waals surface area contributed by atoms with Crippen molar-refractivity contribution in [1.82, 2.24) is 5.16 Å². The summed E-state index contributed by atoms with van der Waals surface area (Å²) < 4.78 is 4.99. The van der Waals surface area contributed by atoms with Crippen molar-refractivity contribution < 1.29 is 9.32 Å². The highest BCUT2D eigenvalue weighted by Gasteiger charge is 2.13. The van der Waals surface area contributed by atoms with E-state index < -0.39 is 0 Å². The Morgan fingerprint density at radius 2 is 1.88 bits per heavy atom. The summed E-state index contributed by atoms with van der Waals surface area (Å²) in [7, 11) is 0. The van der Waals surface area contributed by atoms with Gasteiger partial charge in [-0.2, -0.15) is 0 Å². The maximum absolute atomic E-state index is 11.1. The Balaban J connectivity index is 2.54. The molecule has 0 amide bonds. The van der Waals surface area contributed by atoms with E-state index >= 15 is 0 Å². The highest BCUT2D eigenvalue weighted by atomic mass is 16.5. The van der Waals surface area contributed by atoms with Gasteiger partial charge in [0.05, 0.1) is 0 Å². The molecule has 0 saturated carbocycles. The number of nitrogens with zero attached hydrogens (tertiary/aromatic N) is 1. The number of rotatable bonds is 2. The topological polar surface area (TPSA) is 43.1 Å². The van der Waals surface area contributed by atoms with Gasteiger partial charge in [-0.05, 0) is 25.0 Å². The second kappa shape index (κ2) is 3.93. The zero-order valence-electron chi connectivity index (χ0n) is 9.57. The number of hydrogen-bond donors (Lipinski definition) is 0. The second-order valence-electron chi connectivity index (χ2n) is 3.90. The molecule has 2 rings (SSSR count). The standard InChI is InChI=1S/C13H13NO2/c1-8-5-4-6-9(2)13(8)11-7-12(10(3)15)16-14-11/h4-7H,1-3H3. The van der Waals surface area contributed by atoms with Crippen molar-refractivity contribution in [3.05, 3.63) is 41.2 Å². The first-order valence-corrected chi connectivity index (χ1v) is 5.14. The molecule has 0 aliphatic heterocycles. The first-order valence-electron chi connectivity index (χ1n) is 5.14. The second-order valence-corrected chi connectivity index (χ2v) is 3.90. The van der Waals surface area contributed by atoms with Gasteiger partial charge in [0.1, 0.15) is 5.69 Å². The van der Waals surface area contributed by atoms with Crippen LogP contribution in [0.2, 0.25) is 0 Å². The van der Waals surface area contributed by atoms with Crippen LogP contribution in [0, 0.1) is 13.8 Å². The minimum absolute atomic E-state index is 0.106. The van der Waals surface area contributed by atoms with Crippen molar-refractivity contribution in [2.24, 2.45) is 0 Å². The molecule has 16 heavy (non-hydrogen) atoms. The van der Waals surface area contributed by atoms with Crippen LogP contribution in [0.4, 0.5) is 0 Å². The minimum atomic E-state index is -0.106. The van der Waals surface area contributed by atoms with E-state index in [2.05, 4.69) is 5.16 Å². The van der Waals surface area contributed by atoms with Crippen LogP contribution in [-0.4, -0.2) is 10.9 Å². The molecule has 1 aromatic carbocycles. The maximum atomic E-state index is 11.1. The molecule has 0 spiro atoms. The van der Waals surface area contributed by atoms with Gasteiger partial charge in [0.15, 0.2) is 5.78 Å². The van der Waals surface area contributed by atoms with E-state index in [9.17, 15) is 4.79 Å². The SMILES string of the molecule is CC(=O)c1cc(-c2c(C)cccc2C)no1. The van der Waals surface area contributed by atoms with Gasteiger partial charge in [-0.1, -0.05) is 23.4 Å². The lowest BCUT2D eigenvalue weighted by atomic mass is 10.00. The summed E-state index contributed by atoms with van der Waals surface area (Å²) in [5, 5.41) is 3.93. The highest BCUT2D eigenvalue weighted by Crippen LogP contribution is 2.26. The molecule has 0 atom stereocenters. The van der Waals surface area contributed by atoms with E-state index in [1.807, 2.05) is 32.0 Å². The molecule has 0 aliphatic rings. The number of hydrogen-bond acceptors (Lipinski definition) is 3. The number of Topliss-reactive ketones (excluding diaryl/α,β-unsaturated/α-hetero) is 1. The molecule has 0 N–H and O–H groups in total. The normalized spacial score (nSPS) is 10.4. The number of carbonyl (C=O) groups excluding carboxylic acids is 1. The molecule has 0 saturated heterocycles. The highest BCUT2D eigenvalue weighted by molar-refractivity contribution is 5.92. The fraction of sp³-hybridized carbons (Fsp3) is 0.231. The molecule has 0 aliphatic carbocycles. The van der Waals surface area contributed by atoms with Crippen LogP contribution in [0.25, 0.3) is 11.3 Å². The van der Waals surface area contributed by atoms with Gasteiger partial charge < -0.3 is 4.52 Å². The van der Waals surface area contributed by atoms with Gasteiger partial charge in [0, 0.05) is 18.6 Å². The number of carbonyl (C=O) groups is 1. The molecular weight excluding hydrogens is 202 g/mol. The predicted octanol–water partition coefficient (Wildman–Crippen LogP) is 3.16.